The van der Waals surface area contributed by atoms with Crippen LogP contribution in [0.25, 0.3) is 10.8 Å². The van der Waals surface area contributed by atoms with Crippen molar-refractivity contribution in [2.75, 3.05) is 26.2 Å². The molecular weight excluding hydrogens is 422 g/mol. The minimum Gasteiger partial charge on any atom is -0.457 e. The summed E-state index contributed by atoms with van der Waals surface area (Å²) in [5.41, 5.74) is 0.904. The van der Waals surface area contributed by atoms with Gasteiger partial charge in [-0.3, -0.25) is 9.69 Å². The number of amides is 1. The number of benzene rings is 3. The highest BCUT2D eigenvalue weighted by Gasteiger charge is 2.53. The van der Waals surface area contributed by atoms with Crippen LogP contribution in [0.4, 0.5) is 8.78 Å². The summed E-state index contributed by atoms with van der Waals surface area (Å²) in [7, 11) is 0. The Morgan fingerprint density at radius 3 is 2.33 bits per heavy atom. The van der Waals surface area contributed by atoms with Crippen LogP contribution in [-0.2, 0) is 5.92 Å². The first-order valence-electron chi connectivity index (χ1n) is 11.4. The zero-order chi connectivity index (χ0) is 23.4. The molecule has 3 aromatic rings. The van der Waals surface area contributed by atoms with Crippen LogP contribution in [-0.4, -0.2) is 47.9 Å². The average Bonchev–Trinajstić information content (AvgIpc) is 2.71. The lowest BCUT2D eigenvalue weighted by molar-refractivity contribution is -0.109. The second kappa shape index (κ2) is 7.80. The van der Waals surface area contributed by atoms with Crippen molar-refractivity contribution in [3.05, 3.63) is 71.8 Å². The number of rotatable bonds is 5. The summed E-state index contributed by atoms with van der Waals surface area (Å²) < 4.78 is 32.9. The van der Waals surface area contributed by atoms with Crippen molar-refractivity contribution >= 4 is 16.7 Å². The average molecular weight is 451 g/mol. The van der Waals surface area contributed by atoms with Gasteiger partial charge in [-0.1, -0.05) is 12.1 Å². The van der Waals surface area contributed by atoms with Crippen molar-refractivity contribution < 1.29 is 18.3 Å². The van der Waals surface area contributed by atoms with Gasteiger partial charge in [-0.15, -0.1) is 0 Å². The van der Waals surface area contributed by atoms with E-state index in [0.717, 1.165) is 43.9 Å². The summed E-state index contributed by atoms with van der Waals surface area (Å²) in [6, 6.07) is 17.7. The smallest absolute Gasteiger partial charge is 0.270 e. The molecule has 5 rings (SSSR count). The van der Waals surface area contributed by atoms with E-state index in [4.69, 9.17) is 4.74 Å². The molecule has 0 saturated carbocycles. The fourth-order valence-corrected chi connectivity index (χ4v) is 4.89. The number of carbonyl (C=O) groups is 1. The molecule has 2 heterocycles. The molecule has 2 fully saturated rings. The van der Waals surface area contributed by atoms with Crippen LogP contribution in [0.3, 0.4) is 0 Å². The second-order valence-electron chi connectivity index (χ2n) is 9.87. The normalized spacial score (nSPS) is 17.8. The predicted molar refractivity (Wildman–Crippen MR) is 125 cm³/mol. The molecule has 0 unspecified atom stereocenters. The van der Waals surface area contributed by atoms with Gasteiger partial charge in [0.05, 0.1) is 0 Å². The first-order chi connectivity index (χ1) is 15.6. The molecule has 3 aromatic carbocycles. The number of hydrogen-bond donors (Lipinski definition) is 0. The fourth-order valence-electron chi connectivity index (χ4n) is 4.89. The minimum atomic E-state index is -2.89. The second-order valence-corrected chi connectivity index (χ2v) is 9.87. The molecule has 33 heavy (non-hydrogen) atoms. The van der Waals surface area contributed by atoms with Crippen LogP contribution in [0, 0.1) is 5.41 Å². The molecule has 0 aromatic heterocycles. The van der Waals surface area contributed by atoms with Crippen molar-refractivity contribution in [3.8, 4) is 11.5 Å². The largest absolute Gasteiger partial charge is 0.457 e. The third-order valence-corrected chi connectivity index (χ3v) is 6.82. The Morgan fingerprint density at radius 1 is 1.00 bits per heavy atom. The van der Waals surface area contributed by atoms with E-state index in [1.807, 2.05) is 41.3 Å². The number of carbonyl (C=O) groups excluding carboxylic acids is 1. The van der Waals surface area contributed by atoms with Crippen LogP contribution >= 0.6 is 0 Å². The lowest BCUT2D eigenvalue weighted by atomic mass is 9.72. The van der Waals surface area contributed by atoms with Gasteiger partial charge >= 0.3 is 0 Å². The van der Waals surface area contributed by atoms with Crippen molar-refractivity contribution in [2.45, 2.75) is 32.7 Å². The summed E-state index contributed by atoms with van der Waals surface area (Å²) in [4.78, 5) is 17.4. The molecule has 0 N–H and O–H groups in total. The molecule has 0 radical (unpaired) electrons. The van der Waals surface area contributed by atoms with Gasteiger partial charge in [0.15, 0.2) is 0 Å². The number of fused-ring (bicyclic) bond motifs is 1. The molecule has 1 amide bonds. The zero-order valence-corrected chi connectivity index (χ0v) is 19.1. The summed E-state index contributed by atoms with van der Waals surface area (Å²) >= 11 is 0. The molecular formula is C27H28F2N2O2. The lowest BCUT2D eigenvalue weighted by Gasteiger charge is -2.61. The van der Waals surface area contributed by atoms with Crippen LogP contribution < -0.4 is 4.74 Å². The molecule has 0 bridgehead atoms. The van der Waals surface area contributed by atoms with E-state index < -0.39 is 5.92 Å². The Hall–Kier alpha value is -2.99. The standard InChI is InChI=1S/C27H28F2N2O2/c1-18(2)30-14-27(15-30)16-31(17-27)25(32)20-7-12-23-19(13-20)5-4-6-24(23)33-22-10-8-21(9-11-22)26(3,28)29/h4-13,18H,14-17H2,1-3H3. The summed E-state index contributed by atoms with van der Waals surface area (Å²) in [5, 5.41) is 1.77. The molecule has 4 nitrogen and oxygen atoms in total. The van der Waals surface area contributed by atoms with Crippen molar-refractivity contribution in [3.63, 3.8) is 0 Å². The van der Waals surface area contributed by atoms with Gasteiger partial charge in [-0.2, -0.15) is 0 Å². The van der Waals surface area contributed by atoms with E-state index >= 15 is 0 Å². The molecule has 0 aliphatic carbocycles. The Morgan fingerprint density at radius 2 is 1.70 bits per heavy atom. The highest BCUT2D eigenvalue weighted by Crippen LogP contribution is 2.41. The molecule has 0 atom stereocenters. The summed E-state index contributed by atoms with van der Waals surface area (Å²) in [6.07, 6.45) is 0. The summed E-state index contributed by atoms with van der Waals surface area (Å²) in [5.74, 6) is -1.72. The van der Waals surface area contributed by atoms with E-state index in [2.05, 4.69) is 18.7 Å². The highest BCUT2D eigenvalue weighted by atomic mass is 19.3. The molecule has 6 heteroatoms. The maximum Gasteiger partial charge on any atom is 0.270 e. The number of hydrogen-bond acceptors (Lipinski definition) is 3. The Kier molecular flexibility index (Phi) is 5.16. The zero-order valence-electron chi connectivity index (χ0n) is 19.1. The maximum absolute atomic E-state index is 13.5. The van der Waals surface area contributed by atoms with Gasteiger partial charge in [-0.05, 0) is 67.8 Å². The van der Waals surface area contributed by atoms with Crippen LogP contribution in [0.1, 0.15) is 36.7 Å². The van der Waals surface area contributed by atoms with Crippen LogP contribution in [0.2, 0.25) is 0 Å². The van der Waals surface area contributed by atoms with Crippen LogP contribution in [0.5, 0.6) is 11.5 Å². The number of nitrogens with zero attached hydrogens (tertiary/aromatic N) is 2. The van der Waals surface area contributed by atoms with Gasteiger partial charge in [-0.25, -0.2) is 8.78 Å². The molecule has 172 valence electrons. The monoisotopic (exact) mass is 450 g/mol. The number of alkyl halides is 2. The quantitative estimate of drug-likeness (QED) is 0.484. The van der Waals surface area contributed by atoms with Gasteiger partial charge in [0.1, 0.15) is 11.5 Å². The van der Waals surface area contributed by atoms with Gasteiger partial charge in [0, 0.05) is 61.1 Å². The Balaban J connectivity index is 1.29. The van der Waals surface area contributed by atoms with E-state index in [0.29, 0.717) is 23.1 Å². The number of halogens is 2. The Bertz CT molecular complexity index is 1190. The Labute approximate surface area is 192 Å². The minimum absolute atomic E-state index is 0.0532. The predicted octanol–water partition coefficient (Wildman–Crippen LogP) is 5.91. The van der Waals surface area contributed by atoms with Crippen LogP contribution in [0.15, 0.2) is 60.7 Å². The number of likely N-dealkylation sites (tertiary alicyclic amines) is 2. The molecule has 2 aliphatic heterocycles. The van der Waals surface area contributed by atoms with Gasteiger partial charge in [0.25, 0.3) is 11.8 Å². The van der Waals surface area contributed by atoms with E-state index in [-0.39, 0.29) is 16.9 Å². The highest BCUT2D eigenvalue weighted by molar-refractivity contribution is 6.00. The molecule has 2 aliphatic rings. The fraction of sp³-hybridized carbons (Fsp3) is 0.370. The van der Waals surface area contributed by atoms with E-state index in [1.54, 1.807) is 12.1 Å². The first-order valence-corrected chi connectivity index (χ1v) is 11.4. The summed E-state index contributed by atoms with van der Waals surface area (Å²) in [6.45, 7) is 9.08. The number of ether oxygens (including phenoxy) is 1. The maximum atomic E-state index is 13.5. The van der Waals surface area contributed by atoms with Gasteiger partial charge < -0.3 is 9.64 Å². The SMILES string of the molecule is CC(C)N1CC2(CN(C(=O)c3ccc4c(Oc5ccc(C(C)(F)F)cc5)cccc4c3)C2)C1. The molecule has 1 spiro atoms. The molecule has 2 saturated heterocycles. The van der Waals surface area contributed by atoms with E-state index in [1.165, 1.54) is 12.1 Å². The lowest BCUT2D eigenvalue weighted by Crippen LogP contribution is -2.73. The third kappa shape index (κ3) is 4.08. The van der Waals surface area contributed by atoms with E-state index in [9.17, 15) is 13.6 Å². The van der Waals surface area contributed by atoms with Crippen molar-refractivity contribution in [1.82, 2.24) is 9.80 Å². The van der Waals surface area contributed by atoms with Gasteiger partial charge in [0.2, 0.25) is 0 Å². The third-order valence-electron chi connectivity index (χ3n) is 6.82. The van der Waals surface area contributed by atoms with Crippen molar-refractivity contribution in [2.24, 2.45) is 5.41 Å². The topological polar surface area (TPSA) is 32.8 Å². The first kappa shape index (κ1) is 21.8. The van der Waals surface area contributed by atoms with Crippen molar-refractivity contribution in [1.29, 1.82) is 0 Å².